The van der Waals surface area contributed by atoms with Crippen molar-refractivity contribution in [2.45, 2.75) is 18.9 Å². The van der Waals surface area contributed by atoms with Gasteiger partial charge in [-0.3, -0.25) is 14.7 Å². The van der Waals surface area contributed by atoms with Crippen LogP contribution < -0.4 is 20.0 Å². The van der Waals surface area contributed by atoms with Crippen LogP contribution in [0.25, 0.3) is 21.8 Å². The van der Waals surface area contributed by atoms with E-state index in [1.54, 1.807) is 25.6 Å². The van der Waals surface area contributed by atoms with Crippen molar-refractivity contribution < 1.29 is 14.2 Å². The molecule has 8 nitrogen and oxygen atoms in total. The lowest BCUT2D eigenvalue weighted by molar-refractivity contribution is 0.160. The molecule has 2 aromatic carbocycles. The second-order valence-corrected chi connectivity index (χ2v) is 9.75. The van der Waals surface area contributed by atoms with E-state index in [0.717, 1.165) is 74.4 Å². The van der Waals surface area contributed by atoms with Crippen molar-refractivity contribution in [1.82, 2.24) is 14.9 Å². The van der Waals surface area contributed by atoms with Gasteiger partial charge in [0.1, 0.15) is 11.5 Å². The number of phenolic OH excluding ortho intramolecular Hbond substituents is 1. The number of aromatic amines is 1. The number of piperidine rings is 1. The van der Waals surface area contributed by atoms with E-state index < -0.39 is 5.82 Å². The zero-order chi connectivity index (χ0) is 25.5. The van der Waals surface area contributed by atoms with E-state index in [0.29, 0.717) is 17.3 Å². The maximum Gasteiger partial charge on any atom is 0.192 e. The molecule has 0 radical (unpaired) electrons. The summed E-state index contributed by atoms with van der Waals surface area (Å²) in [6.07, 6.45) is 5.32. The van der Waals surface area contributed by atoms with Crippen molar-refractivity contribution >= 4 is 33.2 Å². The number of anilines is 2. The molecule has 4 aromatic rings. The second-order valence-electron chi connectivity index (χ2n) is 9.75. The number of pyridine rings is 2. The summed E-state index contributed by atoms with van der Waals surface area (Å²) in [7, 11) is 1.57. The predicted molar refractivity (Wildman–Crippen MR) is 144 cm³/mol. The molecule has 6 rings (SSSR count). The molecule has 0 unspecified atom stereocenters. The predicted octanol–water partition coefficient (Wildman–Crippen LogP) is 3.72. The number of nitrogens with one attached hydrogen (secondary N) is 1. The van der Waals surface area contributed by atoms with Gasteiger partial charge in [0.2, 0.25) is 0 Å². The van der Waals surface area contributed by atoms with E-state index in [-0.39, 0.29) is 16.6 Å². The molecule has 0 spiro atoms. The fourth-order valence-corrected chi connectivity index (χ4v) is 5.91. The lowest BCUT2D eigenvalue weighted by Crippen LogP contribution is -2.53. The molecule has 0 amide bonds. The lowest BCUT2D eigenvalue weighted by atomic mass is 10.0. The highest BCUT2D eigenvalue weighted by Gasteiger charge is 2.30. The van der Waals surface area contributed by atoms with E-state index in [9.17, 15) is 14.3 Å². The molecule has 2 N–H and O–H groups in total. The van der Waals surface area contributed by atoms with Gasteiger partial charge < -0.3 is 24.6 Å². The van der Waals surface area contributed by atoms with Crippen molar-refractivity contribution in [3.8, 4) is 11.5 Å². The summed E-state index contributed by atoms with van der Waals surface area (Å²) in [5.41, 5.74) is 2.67. The van der Waals surface area contributed by atoms with Gasteiger partial charge in [0.25, 0.3) is 0 Å². The molecule has 37 heavy (non-hydrogen) atoms. The van der Waals surface area contributed by atoms with Crippen LogP contribution in [0.4, 0.5) is 15.8 Å². The standard InChI is InChI=1S/C28H30FN5O3/c1-37-23-17-18-3-2-9-30-25(18)27(28(23)36)34-15-13-32(14-16-34)19-7-11-33(12-8-19)21-5-4-20(29)24-22(35)6-10-31-26(21)24/h2-6,9-10,17,19,36H,7-8,11-16H2,1H3,(H,31,35). The Morgan fingerprint density at radius 1 is 1.05 bits per heavy atom. The molecule has 9 heteroatoms. The van der Waals surface area contributed by atoms with Crippen LogP contribution in [-0.2, 0) is 0 Å². The Labute approximate surface area is 213 Å². The van der Waals surface area contributed by atoms with Crippen molar-refractivity contribution in [2.75, 3.05) is 56.2 Å². The lowest BCUT2D eigenvalue weighted by Gasteiger charge is -2.44. The average molecular weight is 504 g/mol. The number of rotatable bonds is 4. The SMILES string of the molecule is COc1cc2cccnc2c(N2CCN(C3CCN(c4ccc(F)c5c(=O)cc[nH]c45)CC3)CC2)c1O. The normalized spacial score (nSPS) is 17.6. The fraction of sp³-hybridized carbons (Fsp3) is 0.357. The summed E-state index contributed by atoms with van der Waals surface area (Å²) in [6, 6.07) is 10.7. The number of hydrogen-bond donors (Lipinski definition) is 2. The third-order valence-electron chi connectivity index (χ3n) is 7.82. The zero-order valence-electron chi connectivity index (χ0n) is 20.8. The van der Waals surface area contributed by atoms with Crippen LogP contribution in [-0.4, -0.2) is 72.4 Å². The number of nitrogens with zero attached hydrogens (tertiary/aromatic N) is 4. The van der Waals surface area contributed by atoms with Gasteiger partial charge in [-0.2, -0.15) is 0 Å². The van der Waals surface area contributed by atoms with E-state index >= 15 is 0 Å². The molecular formula is C28H30FN5O3. The molecule has 0 atom stereocenters. The van der Waals surface area contributed by atoms with E-state index in [2.05, 4.69) is 24.7 Å². The number of fused-ring (bicyclic) bond motifs is 2. The number of benzene rings is 2. The molecular weight excluding hydrogens is 473 g/mol. The quantitative estimate of drug-likeness (QED) is 0.439. The van der Waals surface area contributed by atoms with Gasteiger partial charge in [0.05, 0.1) is 29.2 Å². The van der Waals surface area contributed by atoms with E-state index in [1.807, 2.05) is 18.2 Å². The minimum absolute atomic E-state index is 0.126. The number of H-pyrrole nitrogens is 1. The summed E-state index contributed by atoms with van der Waals surface area (Å²) < 4.78 is 19.8. The Kier molecular flexibility index (Phi) is 6.08. The molecule has 192 valence electrons. The number of aromatic hydroxyl groups is 1. The number of aromatic nitrogens is 2. The Bertz CT molecular complexity index is 1510. The molecule has 0 bridgehead atoms. The molecule has 2 aliphatic rings. The van der Waals surface area contributed by atoms with Crippen LogP contribution in [0, 0.1) is 5.82 Å². The first-order valence-corrected chi connectivity index (χ1v) is 12.7. The number of piperazine rings is 1. The Hall–Kier alpha value is -3.85. The molecule has 2 aromatic heterocycles. The summed E-state index contributed by atoms with van der Waals surface area (Å²) in [5, 5.41) is 12.0. The van der Waals surface area contributed by atoms with Crippen molar-refractivity contribution in [3.63, 3.8) is 0 Å². The van der Waals surface area contributed by atoms with Gasteiger partial charge >= 0.3 is 0 Å². The first-order valence-electron chi connectivity index (χ1n) is 12.7. The van der Waals surface area contributed by atoms with Gasteiger partial charge in [-0.15, -0.1) is 0 Å². The fourth-order valence-electron chi connectivity index (χ4n) is 5.91. The van der Waals surface area contributed by atoms with Crippen LogP contribution in [0.3, 0.4) is 0 Å². The third-order valence-corrected chi connectivity index (χ3v) is 7.82. The highest BCUT2D eigenvalue weighted by molar-refractivity contribution is 5.96. The summed E-state index contributed by atoms with van der Waals surface area (Å²) in [6.45, 7) is 5.04. The van der Waals surface area contributed by atoms with Crippen molar-refractivity contribution in [3.05, 3.63) is 64.8 Å². The largest absolute Gasteiger partial charge is 0.503 e. The summed E-state index contributed by atoms with van der Waals surface area (Å²) in [4.78, 5) is 26.9. The van der Waals surface area contributed by atoms with Crippen LogP contribution in [0.1, 0.15) is 12.8 Å². The molecule has 2 saturated heterocycles. The number of phenols is 1. The molecule has 2 fully saturated rings. The second kappa shape index (κ2) is 9.55. The Morgan fingerprint density at radius 2 is 1.84 bits per heavy atom. The minimum Gasteiger partial charge on any atom is -0.503 e. The Morgan fingerprint density at radius 3 is 2.59 bits per heavy atom. The van der Waals surface area contributed by atoms with Crippen molar-refractivity contribution in [1.29, 1.82) is 0 Å². The topological polar surface area (TPSA) is 84.9 Å². The van der Waals surface area contributed by atoms with Gasteiger partial charge in [0.15, 0.2) is 16.9 Å². The van der Waals surface area contributed by atoms with Gasteiger partial charge in [-0.25, -0.2) is 4.39 Å². The van der Waals surface area contributed by atoms with Gasteiger partial charge in [-0.1, -0.05) is 6.07 Å². The molecule has 2 aliphatic heterocycles. The zero-order valence-corrected chi connectivity index (χ0v) is 20.8. The molecule has 0 aliphatic carbocycles. The van der Waals surface area contributed by atoms with Crippen molar-refractivity contribution in [2.24, 2.45) is 0 Å². The van der Waals surface area contributed by atoms with Crippen LogP contribution >= 0.6 is 0 Å². The van der Waals surface area contributed by atoms with Crippen LogP contribution in [0.15, 0.2) is 53.6 Å². The maximum atomic E-state index is 14.3. The smallest absolute Gasteiger partial charge is 0.192 e. The van der Waals surface area contributed by atoms with E-state index in [1.165, 1.54) is 12.1 Å². The number of hydrogen-bond acceptors (Lipinski definition) is 7. The maximum absolute atomic E-state index is 14.3. The summed E-state index contributed by atoms with van der Waals surface area (Å²) in [5.74, 6) is 0.110. The Balaban J connectivity index is 1.15. The summed E-state index contributed by atoms with van der Waals surface area (Å²) >= 11 is 0. The minimum atomic E-state index is -0.488. The first-order chi connectivity index (χ1) is 18.0. The molecule has 0 saturated carbocycles. The highest BCUT2D eigenvalue weighted by Crippen LogP contribution is 2.42. The van der Waals surface area contributed by atoms with Crippen LogP contribution in [0.5, 0.6) is 11.5 Å². The number of halogens is 1. The number of ether oxygens (including phenoxy) is 1. The highest BCUT2D eigenvalue weighted by atomic mass is 19.1. The van der Waals surface area contributed by atoms with Gasteiger partial charge in [-0.05, 0) is 37.1 Å². The number of methoxy groups -OCH3 is 1. The average Bonchev–Trinajstić information content (AvgIpc) is 2.93. The van der Waals surface area contributed by atoms with Gasteiger partial charge in [0, 0.05) is 69.2 Å². The first kappa shape index (κ1) is 23.5. The van der Waals surface area contributed by atoms with E-state index in [4.69, 9.17) is 4.74 Å². The van der Waals surface area contributed by atoms with Crippen LogP contribution in [0.2, 0.25) is 0 Å². The monoisotopic (exact) mass is 503 g/mol. The molecule has 4 heterocycles. The third kappa shape index (κ3) is 4.13.